The smallest absolute Gasteiger partial charge is 0.317 e. The zero-order valence-corrected chi connectivity index (χ0v) is 15.1. The number of hydrogen-bond donors (Lipinski definition) is 1. The molecule has 0 saturated carbocycles. The second kappa shape index (κ2) is 7.81. The molecule has 130 valence electrons. The first-order chi connectivity index (χ1) is 11.6. The largest absolute Gasteiger partial charge is 0.338 e. The maximum atomic E-state index is 12.3. The van der Waals surface area contributed by atoms with Gasteiger partial charge in [0.1, 0.15) is 5.82 Å². The van der Waals surface area contributed by atoms with Gasteiger partial charge < -0.3 is 14.8 Å². The first-order valence-corrected chi connectivity index (χ1v) is 9.34. The van der Waals surface area contributed by atoms with Gasteiger partial charge in [-0.2, -0.15) is 11.3 Å². The van der Waals surface area contributed by atoms with E-state index in [9.17, 15) is 4.79 Å². The van der Waals surface area contributed by atoms with E-state index in [4.69, 9.17) is 0 Å². The van der Waals surface area contributed by atoms with Crippen molar-refractivity contribution in [2.45, 2.75) is 19.4 Å². The normalized spacial score (nSPS) is 17.0. The van der Waals surface area contributed by atoms with E-state index < -0.39 is 0 Å². The highest BCUT2D eigenvalue weighted by molar-refractivity contribution is 7.07. The molecule has 0 aliphatic carbocycles. The van der Waals surface area contributed by atoms with Crippen molar-refractivity contribution in [1.82, 2.24) is 24.7 Å². The van der Waals surface area contributed by atoms with Crippen LogP contribution < -0.4 is 5.32 Å². The molecule has 6 nitrogen and oxygen atoms in total. The molecule has 2 amide bonds. The van der Waals surface area contributed by atoms with Gasteiger partial charge in [0.25, 0.3) is 0 Å². The summed E-state index contributed by atoms with van der Waals surface area (Å²) in [4.78, 5) is 20.9. The topological polar surface area (TPSA) is 53.4 Å². The molecule has 1 atom stereocenters. The summed E-state index contributed by atoms with van der Waals surface area (Å²) < 4.78 is 1.98. The molecule has 1 saturated heterocycles. The number of carbonyl (C=O) groups excluding carboxylic acids is 1. The van der Waals surface area contributed by atoms with Crippen LogP contribution in [0.2, 0.25) is 0 Å². The van der Waals surface area contributed by atoms with Crippen LogP contribution >= 0.6 is 11.3 Å². The van der Waals surface area contributed by atoms with Gasteiger partial charge in [0.15, 0.2) is 0 Å². The highest BCUT2D eigenvalue weighted by atomic mass is 32.1. The minimum atomic E-state index is 0.0343. The van der Waals surface area contributed by atoms with Crippen LogP contribution in [0.4, 0.5) is 4.79 Å². The molecule has 1 fully saturated rings. The average molecular weight is 347 g/mol. The Morgan fingerprint density at radius 2 is 2.17 bits per heavy atom. The van der Waals surface area contributed by atoms with Crippen molar-refractivity contribution < 1.29 is 4.79 Å². The summed E-state index contributed by atoms with van der Waals surface area (Å²) in [6, 6.07) is 2.64. The van der Waals surface area contributed by atoms with Crippen LogP contribution in [0, 0.1) is 0 Å². The van der Waals surface area contributed by atoms with Crippen LogP contribution in [-0.2, 0) is 13.5 Å². The summed E-state index contributed by atoms with van der Waals surface area (Å²) in [6.45, 7) is 6.26. The molecule has 3 heterocycles. The molecule has 1 N–H and O–H groups in total. The molecule has 0 spiro atoms. The van der Waals surface area contributed by atoms with Gasteiger partial charge >= 0.3 is 6.03 Å². The summed E-state index contributed by atoms with van der Waals surface area (Å²) in [6.07, 6.45) is 4.46. The Labute approximate surface area is 147 Å². The van der Waals surface area contributed by atoms with Gasteiger partial charge in [0.2, 0.25) is 0 Å². The summed E-state index contributed by atoms with van der Waals surface area (Å²) >= 11 is 1.74. The van der Waals surface area contributed by atoms with Gasteiger partial charge in [-0.1, -0.05) is 0 Å². The maximum Gasteiger partial charge on any atom is 0.317 e. The average Bonchev–Trinajstić information content (AvgIpc) is 3.26. The Kier molecular flexibility index (Phi) is 5.52. The minimum Gasteiger partial charge on any atom is -0.338 e. The predicted octanol–water partition coefficient (Wildman–Crippen LogP) is 2.11. The fourth-order valence-corrected chi connectivity index (χ4v) is 3.81. The molecule has 3 rings (SSSR count). The molecule has 0 bridgehead atoms. The van der Waals surface area contributed by atoms with Crippen molar-refractivity contribution in [3.8, 4) is 0 Å². The summed E-state index contributed by atoms with van der Waals surface area (Å²) in [7, 11) is 1.97. The fourth-order valence-electron chi connectivity index (χ4n) is 3.07. The molecule has 7 heteroatoms. The van der Waals surface area contributed by atoms with Crippen molar-refractivity contribution in [1.29, 1.82) is 0 Å². The first-order valence-electron chi connectivity index (χ1n) is 8.40. The Morgan fingerprint density at radius 3 is 2.79 bits per heavy atom. The first kappa shape index (κ1) is 17.0. The maximum absolute atomic E-state index is 12.3. The Morgan fingerprint density at radius 1 is 1.38 bits per heavy atom. The molecular formula is C17H25N5OS. The third-order valence-electron chi connectivity index (χ3n) is 4.72. The highest BCUT2D eigenvalue weighted by Crippen LogP contribution is 2.23. The molecule has 2 aromatic heterocycles. The van der Waals surface area contributed by atoms with E-state index in [1.807, 2.05) is 22.7 Å². The van der Waals surface area contributed by atoms with Gasteiger partial charge in [0.05, 0.1) is 0 Å². The van der Waals surface area contributed by atoms with Crippen molar-refractivity contribution in [3.05, 3.63) is 40.6 Å². The van der Waals surface area contributed by atoms with Crippen LogP contribution in [0.3, 0.4) is 0 Å². The van der Waals surface area contributed by atoms with Gasteiger partial charge in [-0.05, 0) is 29.3 Å². The zero-order chi connectivity index (χ0) is 16.9. The van der Waals surface area contributed by atoms with Crippen LogP contribution in [0.15, 0.2) is 29.2 Å². The van der Waals surface area contributed by atoms with E-state index in [2.05, 4.69) is 39.0 Å². The monoisotopic (exact) mass is 347 g/mol. The van der Waals surface area contributed by atoms with Gasteiger partial charge in [0, 0.05) is 64.6 Å². The molecule has 24 heavy (non-hydrogen) atoms. The highest BCUT2D eigenvalue weighted by Gasteiger charge is 2.24. The number of aryl methyl sites for hydroxylation is 1. The molecule has 0 radical (unpaired) electrons. The third kappa shape index (κ3) is 3.96. The van der Waals surface area contributed by atoms with E-state index in [0.717, 1.165) is 38.4 Å². The molecule has 1 aliphatic heterocycles. The number of carbonyl (C=O) groups is 1. The lowest BCUT2D eigenvalue weighted by atomic mass is 10.1. The number of piperazine rings is 1. The molecular weight excluding hydrogens is 322 g/mol. The van der Waals surface area contributed by atoms with Gasteiger partial charge in [-0.3, -0.25) is 4.90 Å². The number of hydrogen-bond acceptors (Lipinski definition) is 4. The third-order valence-corrected chi connectivity index (χ3v) is 5.42. The summed E-state index contributed by atoms with van der Waals surface area (Å²) in [5.74, 6) is 0.990. The number of urea groups is 1. The van der Waals surface area contributed by atoms with Gasteiger partial charge in [-0.15, -0.1) is 0 Å². The Bertz CT molecular complexity index is 646. The molecule has 0 unspecified atom stereocenters. The van der Waals surface area contributed by atoms with E-state index in [1.165, 1.54) is 5.56 Å². The van der Waals surface area contributed by atoms with Crippen LogP contribution in [0.1, 0.15) is 24.4 Å². The number of amides is 2. The number of aromatic nitrogens is 2. The number of thiophene rings is 1. The number of nitrogens with zero attached hydrogens (tertiary/aromatic N) is 4. The van der Waals surface area contributed by atoms with Crippen molar-refractivity contribution in [2.24, 2.45) is 7.05 Å². The van der Waals surface area contributed by atoms with E-state index in [0.29, 0.717) is 12.6 Å². The predicted molar refractivity (Wildman–Crippen MR) is 96.2 cm³/mol. The van der Waals surface area contributed by atoms with Crippen molar-refractivity contribution in [2.75, 3.05) is 32.7 Å². The molecule has 1 aliphatic rings. The summed E-state index contributed by atoms with van der Waals surface area (Å²) in [5, 5.41) is 7.34. The number of rotatable bonds is 5. The van der Waals surface area contributed by atoms with Crippen molar-refractivity contribution >= 4 is 17.4 Å². The van der Waals surface area contributed by atoms with Crippen LogP contribution in [0.25, 0.3) is 0 Å². The second-order valence-electron chi connectivity index (χ2n) is 6.19. The fraction of sp³-hybridized carbons (Fsp3) is 0.529. The zero-order valence-electron chi connectivity index (χ0n) is 14.3. The van der Waals surface area contributed by atoms with E-state index in [1.54, 1.807) is 17.5 Å². The number of nitrogens with one attached hydrogen (secondary N) is 1. The lowest BCUT2D eigenvalue weighted by molar-refractivity contribution is 0.114. The number of imidazole rings is 1. The Balaban J connectivity index is 1.41. The Hall–Kier alpha value is -1.86. The lowest BCUT2D eigenvalue weighted by Gasteiger charge is -2.37. The van der Waals surface area contributed by atoms with Crippen LogP contribution in [0.5, 0.6) is 0 Å². The minimum absolute atomic E-state index is 0.0343. The second-order valence-corrected chi connectivity index (χ2v) is 6.97. The summed E-state index contributed by atoms with van der Waals surface area (Å²) in [5.41, 5.74) is 1.37. The van der Waals surface area contributed by atoms with Gasteiger partial charge in [-0.25, -0.2) is 9.78 Å². The van der Waals surface area contributed by atoms with E-state index in [-0.39, 0.29) is 6.03 Å². The molecule has 0 aromatic carbocycles. The van der Waals surface area contributed by atoms with Crippen LogP contribution in [-0.4, -0.2) is 58.1 Å². The standard InChI is InChI=1S/C17H25N5OS/c1-14(15-4-12-24-13-15)21-8-10-22(11-9-21)17(23)19-5-3-16-18-6-7-20(16)2/h4,6-7,12-14H,3,5,8-11H2,1-2H3,(H,19,23)/t14-/m0/s1. The molecule has 2 aromatic rings. The lowest BCUT2D eigenvalue weighted by Crippen LogP contribution is -2.52. The quantitative estimate of drug-likeness (QED) is 0.901. The van der Waals surface area contributed by atoms with E-state index >= 15 is 0 Å². The van der Waals surface area contributed by atoms with Crippen molar-refractivity contribution in [3.63, 3.8) is 0 Å². The SMILES string of the molecule is C[C@@H](c1ccsc1)N1CCN(C(=O)NCCc2nccn2C)CC1.